The number of rotatable bonds is 2. The van der Waals surface area contributed by atoms with Crippen molar-refractivity contribution in [3.8, 4) is 22.6 Å². The van der Waals surface area contributed by atoms with Crippen molar-refractivity contribution in [1.29, 1.82) is 0 Å². The maximum absolute atomic E-state index is 12.9. The van der Waals surface area contributed by atoms with Gasteiger partial charge in [0, 0.05) is 18.0 Å². The van der Waals surface area contributed by atoms with Crippen molar-refractivity contribution in [2.75, 3.05) is 5.73 Å². The van der Waals surface area contributed by atoms with E-state index < -0.39 is 0 Å². The van der Waals surface area contributed by atoms with Crippen LogP contribution < -0.4 is 5.73 Å². The molecule has 0 saturated carbocycles. The molecule has 0 bridgehead atoms. The third kappa shape index (κ3) is 2.03. The highest BCUT2D eigenvalue weighted by molar-refractivity contribution is 5.83. The lowest BCUT2D eigenvalue weighted by molar-refractivity contribution is 0.439. The fourth-order valence-corrected chi connectivity index (χ4v) is 1.75. The number of aromatic nitrogens is 3. The summed E-state index contributed by atoms with van der Waals surface area (Å²) >= 11 is 0. The van der Waals surface area contributed by atoms with Gasteiger partial charge in [0.1, 0.15) is 17.1 Å². The minimum atomic E-state index is -0.322. The van der Waals surface area contributed by atoms with Gasteiger partial charge < -0.3 is 10.3 Å². The Balaban J connectivity index is 2.16. The smallest absolute Gasteiger partial charge is 0.233 e. The second-order valence-corrected chi connectivity index (χ2v) is 3.85. The number of benzene rings is 1. The Hall–Kier alpha value is -2.76. The SMILES string of the molecule is Nc1onc(-c2ccc(F)cc2)c1-c1ncccn1. The van der Waals surface area contributed by atoms with Crippen molar-refractivity contribution in [3.63, 3.8) is 0 Å². The van der Waals surface area contributed by atoms with Gasteiger partial charge >= 0.3 is 0 Å². The van der Waals surface area contributed by atoms with E-state index in [1.165, 1.54) is 12.1 Å². The van der Waals surface area contributed by atoms with E-state index in [1.54, 1.807) is 30.6 Å². The Morgan fingerprint density at radius 2 is 1.74 bits per heavy atom. The van der Waals surface area contributed by atoms with Crippen LogP contribution in [0, 0.1) is 5.82 Å². The van der Waals surface area contributed by atoms with E-state index >= 15 is 0 Å². The molecule has 0 amide bonds. The van der Waals surface area contributed by atoms with Gasteiger partial charge in [0.15, 0.2) is 5.82 Å². The molecule has 19 heavy (non-hydrogen) atoms. The predicted octanol–water partition coefficient (Wildman–Crippen LogP) is 2.52. The molecule has 0 atom stereocenters. The molecule has 3 rings (SSSR count). The Labute approximate surface area is 107 Å². The number of hydrogen-bond acceptors (Lipinski definition) is 5. The zero-order valence-electron chi connectivity index (χ0n) is 9.75. The third-order valence-corrected chi connectivity index (χ3v) is 2.63. The molecule has 2 heterocycles. The second kappa shape index (κ2) is 4.49. The summed E-state index contributed by atoms with van der Waals surface area (Å²) in [5.41, 5.74) is 7.44. The first kappa shape index (κ1) is 11.3. The van der Waals surface area contributed by atoms with Crippen LogP contribution in [-0.4, -0.2) is 15.1 Å². The Morgan fingerprint density at radius 3 is 2.42 bits per heavy atom. The van der Waals surface area contributed by atoms with Crippen LogP contribution in [-0.2, 0) is 0 Å². The van der Waals surface area contributed by atoms with E-state index in [-0.39, 0.29) is 11.7 Å². The zero-order chi connectivity index (χ0) is 13.2. The fourth-order valence-electron chi connectivity index (χ4n) is 1.75. The maximum atomic E-state index is 12.9. The molecule has 5 nitrogen and oxygen atoms in total. The topological polar surface area (TPSA) is 77.8 Å². The number of hydrogen-bond donors (Lipinski definition) is 1. The maximum Gasteiger partial charge on any atom is 0.233 e. The summed E-state index contributed by atoms with van der Waals surface area (Å²) in [6.07, 6.45) is 3.20. The van der Waals surface area contributed by atoms with Crippen molar-refractivity contribution in [2.24, 2.45) is 0 Å². The predicted molar refractivity (Wildman–Crippen MR) is 67.3 cm³/mol. The molecule has 1 aromatic carbocycles. The van der Waals surface area contributed by atoms with Crippen LogP contribution >= 0.6 is 0 Å². The molecule has 0 aliphatic heterocycles. The van der Waals surface area contributed by atoms with Crippen molar-refractivity contribution in [3.05, 3.63) is 48.5 Å². The van der Waals surface area contributed by atoms with E-state index in [0.717, 1.165) is 0 Å². The largest absolute Gasteiger partial charge is 0.367 e. The number of nitrogens with two attached hydrogens (primary N) is 1. The molecule has 0 fully saturated rings. The summed E-state index contributed by atoms with van der Waals surface area (Å²) in [4.78, 5) is 8.24. The molecule has 94 valence electrons. The van der Waals surface area contributed by atoms with Crippen molar-refractivity contribution >= 4 is 5.88 Å². The average molecular weight is 256 g/mol. The van der Waals surface area contributed by atoms with E-state index in [0.29, 0.717) is 22.6 Å². The molecule has 2 N–H and O–H groups in total. The summed E-state index contributed by atoms with van der Waals surface area (Å²) < 4.78 is 17.9. The van der Waals surface area contributed by atoms with E-state index in [4.69, 9.17) is 10.3 Å². The summed E-state index contributed by atoms with van der Waals surface area (Å²) in [7, 11) is 0. The average Bonchev–Trinajstić information content (AvgIpc) is 2.82. The van der Waals surface area contributed by atoms with Crippen molar-refractivity contribution < 1.29 is 8.91 Å². The van der Waals surface area contributed by atoms with Gasteiger partial charge in [-0.2, -0.15) is 0 Å². The highest BCUT2D eigenvalue weighted by Gasteiger charge is 2.19. The number of nitrogens with zero attached hydrogens (tertiary/aromatic N) is 3. The lowest BCUT2D eigenvalue weighted by atomic mass is 10.1. The monoisotopic (exact) mass is 256 g/mol. The summed E-state index contributed by atoms with van der Waals surface area (Å²) in [6.45, 7) is 0. The Bertz CT molecular complexity index is 694. The molecule has 6 heteroatoms. The number of nitrogen functional groups attached to an aromatic ring is 1. The molecular formula is C13H9FN4O. The number of halogens is 1. The van der Waals surface area contributed by atoms with Gasteiger partial charge in [0.05, 0.1) is 0 Å². The second-order valence-electron chi connectivity index (χ2n) is 3.85. The van der Waals surface area contributed by atoms with E-state index in [2.05, 4.69) is 15.1 Å². The van der Waals surface area contributed by atoms with Crippen molar-refractivity contribution in [2.45, 2.75) is 0 Å². The third-order valence-electron chi connectivity index (χ3n) is 2.63. The van der Waals surface area contributed by atoms with Crippen LogP contribution in [0.4, 0.5) is 10.3 Å². The first-order valence-corrected chi connectivity index (χ1v) is 5.54. The van der Waals surface area contributed by atoms with Crippen molar-refractivity contribution in [1.82, 2.24) is 15.1 Å². The van der Waals surface area contributed by atoms with Crippen LogP contribution in [0.5, 0.6) is 0 Å². The standard InChI is InChI=1S/C13H9FN4O/c14-9-4-2-8(3-5-9)11-10(12(15)19-18-11)13-16-6-1-7-17-13/h1-7H,15H2. The molecule has 2 aromatic heterocycles. The highest BCUT2D eigenvalue weighted by Crippen LogP contribution is 2.33. The van der Waals surface area contributed by atoms with Crippen LogP contribution in [0.3, 0.4) is 0 Å². The molecule has 0 aliphatic rings. The lowest BCUT2D eigenvalue weighted by Gasteiger charge is -2.00. The molecule has 0 radical (unpaired) electrons. The highest BCUT2D eigenvalue weighted by atomic mass is 19.1. The first-order chi connectivity index (χ1) is 9.25. The molecule has 3 aromatic rings. The summed E-state index contributed by atoms with van der Waals surface area (Å²) in [6, 6.07) is 7.58. The number of anilines is 1. The van der Waals surface area contributed by atoms with Gasteiger partial charge in [0.25, 0.3) is 0 Å². The van der Waals surface area contributed by atoms with Gasteiger partial charge in [-0.1, -0.05) is 5.16 Å². The summed E-state index contributed by atoms with van der Waals surface area (Å²) in [5.74, 6) is 0.226. The molecular weight excluding hydrogens is 247 g/mol. The zero-order valence-corrected chi connectivity index (χ0v) is 9.75. The Morgan fingerprint density at radius 1 is 1.05 bits per heavy atom. The Kier molecular flexibility index (Phi) is 2.68. The minimum Gasteiger partial charge on any atom is -0.367 e. The van der Waals surface area contributed by atoms with Crippen LogP contribution in [0.25, 0.3) is 22.6 Å². The van der Waals surface area contributed by atoms with Gasteiger partial charge in [0.2, 0.25) is 5.88 Å². The van der Waals surface area contributed by atoms with Crippen LogP contribution in [0.15, 0.2) is 47.2 Å². The fraction of sp³-hybridized carbons (Fsp3) is 0. The van der Waals surface area contributed by atoms with Crippen LogP contribution in [0.1, 0.15) is 0 Å². The van der Waals surface area contributed by atoms with Crippen LogP contribution in [0.2, 0.25) is 0 Å². The van der Waals surface area contributed by atoms with Gasteiger partial charge in [-0.05, 0) is 30.3 Å². The lowest BCUT2D eigenvalue weighted by Crippen LogP contribution is -1.92. The first-order valence-electron chi connectivity index (χ1n) is 5.54. The minimum absolute atomic E-state index is 0.130. The molecule has 0 spiro atoms. The van der Waals surface area contributed by atoms with E-state index in [1.807, 2.05) is 0 Å². The van der Waals surface area contributed by atoms with Gasteiger partial charge in [-0.3, -0.25) is 0 Å². The van der Waals surface area contributed by atoms with Gasteiger partial charge in [-0.25, -0.2) is 14.4 Å². The quantitative estimate of drug-likeness (QED) is 0.762. The summed E-state index contributed by atoms with van der Waals surface area (Å²) in [5, 5.41) is 3.89. The molecule has 0 aliphatic carbocycles. The molecule has 0 saturated heterocycles. The van der Waals surface area contributed by atoms with E-state index in [9.17, 15) is 4.39 Å². The molecule has 0 unspecified atom stereocenters. The van der Waals surface area contributed by atoms with Gasteiger partial charge in [-0.15, -0.1) is 0 Å². The normalized spacial score (nSPS) is 10.6.